The molecule has 0 atom stereocenters. The molecule has 39 heavy (non-hydrogen) atoms. The molecule has 214 valence electrons. The summed E-state index contributed by atoms with van der Waals surface area (Å²) >= 11 is 1.32. The van der Waals surface area contributed by atoms with Crippen LogP contribution in [-0.2, 0) is 24.3 Å². The van der Waals surface area contributed by atoms with Crippen molar-refractivity contribution >= 4 is 46.4 Å². The fourth-order valence-corrected chi connectivity index (χ4v) is 5.36. The molecule has 2 aromatic carbocycles. The normalized spacial score (nSPS) is 18.5. The number of aliphatic hydroxyl groups is 1. The number of hydrogen-bond donors (Lipinski definition) is 2. The van der Waals surface area contributed by atoms with Crippen molar-refractivity contribution in [1.29, 1.82) is 0 Å². The van der Waals surface area contributed by atoms with E-state index in [1.54, 1.807) is 13.8 Å². The molecule has 1 aromatic heterocycles. The largest absolute Gasteiger partial charge is 0.497 e. The Hall–Kier alpha value is -1.51. The average molecular weight is 554 g/mol. The van der Waals surface area contributed by atoms with Crippen LogP contribution in [0.1, 0.15) is 108 Å². The second kappa shape index (κ2) is 9.25. The monoisotopic (exact) mass is 553 g/mol. The third-order valence-corrected chi connectivity index (χ3v) is 9.87. The van der Waals surface area contributed by atoms with Crippen LogP contribution in [0, 0.1) is 0 Å². The second-order valence-corrected chi connectivity index (χ2v) is 16.1. The van der Waals surface area contributed by atoms with E-state index in [1.165, 1.54) is 23.2 Å². The van der Waals surface area contributed by atoms with Crippen molar-refractivity contribution in [3.8, 4) is 0 Å². The van der Waals surface area contributed by atoms with Gasteiger partial charge >= 0.3 is 7.12 Å². The number of aromatic amines is 1. The zero-order valence-corrected chi connectivity index (χ0v) is 27.3. The first-order valence-corrected chi connectivity index (χ1v) is 14.8. The van der Waals surface area contributed by atoms with Crippen LogP contribution in [0.5, 0.6) is 0 Å². The molecule has 0 unspecified atom stereocenters. The SMILES string of the molecule is CC(C)(C)c1cc(SOC(C)(C)C(C)(C)O)c2[nH]c3c(B4OC(C)(C)C(C)(C)O4)cc(C(C)(C)C)cc3c2c1. The van der Waals surface area contributed by atoms with Gasteiger partial charge in [-0.2, -0.15) is 0 Å². The average Bonchev–Trinajstić information content (AvgIpc) is 3.22. The maximum Gasteiger partial charge on any atom is 0.497 e. The Morgan fingerprint density at radius 3 is 1.67 bits per heavy atom. The summed E-state index contributed by atoms with van der Waals surface area (Å²) in [6, 6.07) is 9.07. The van der Waals surface area contributed by atoms with Crippen LogP contribution < -0.4 is 5.46 Å². The molecule has 2 N–H and O–H groups in total. The van der Waals surface area contributed by atoms with Crippen molar-refractivity contribution in [2.75, 3.05) is 0 Å². The first-order chi connectivity index (χ1) is 17.4. The molecule has 0 saturated carbocycles. The summed E-state index contributed by atoms with van der Waals surface area (Å²) in [4.78, 5) is 4.74. The van der Waals surface area contributed by atoms with Crippen LogP contribution in [0.25, 0.3) is 21.8 Å². The van der Waals surface area contributed by atoms with Crippen molar-refractivity contribution in [3.63, 3.8) is 0 Å². The van der Waals surface area contributed by atoms with Crippen molar-refractivity contribution in [1.82, 2.24) is 4.98 Å². The standard InChI is InChI=1S/C32H48BNO4S/c1-27(2,3)19-15-21-22-16-20(28(4,5)6)18-24(39-38-30(9,10)29(7,8)35)26(22)34-25(21)23(17-19)33-36-31(11,12)32(13,14)37-33/h15-18,34-35H,1-14H3. The fraction of sp³-hybridized carbons (Fsp3) is 0.625. The predicted octanol–water partition coefficient (Wildman–Crippen LogP) is 7.79. The van der Waals surface area contributed by atoms with Gasteiger partial charge in [0, 0.05) is 33.8 Å². The van der Waals surface area contributed by atoms with Crippen LogP contribution in [0.3, 0.4) is 0 Å². The number of rotatable bonds is 5. The Kier molecular flexibility index (Phi) is 7.22. The molecule has 0 aliphatic carbocycles. The summed E-state index contributed by atoms with van der Waals surface area (Å²) in [5, 5.41) is 13.0. The van der Waals surface area contributed by atoms with E-state index in [9.17, 15) is 5.11 Å². The lowest BCUT2D eigenvalue weighted by Crippen LogP contribution is -2.45. The van der Waals surface area contributed by atoms with E-state index < -0.39 is 29.5 Å². The lowest BCUT2D eigenvalue weighted by molar-refractivity contribution is -0.0813. The molecule has 1 saturated heterocycles. The van der Waals surface area contributed by atoms with Gasteiger partial charge < -0.3 is 23.6 Å². The maximum atomic E-state index is 10.7. The quantitative estimate of drug-likeness (QED) is 0.249. The number of fused-ring (bicyclic) bond motifs is 3. The Morgan fingerprint density at radius 2 is 1.21 bits per heavy atom. The van der Waals surface area contributed by atoms with Gasteiger partial charge in [0.2, 0.25) is 0 Å². The summed E-state index contributed by atoms with van der Waals surface area (Å²) in [6.07, 6.45) is 0. The molecule has 4 rings (SSSR count). The number of benzene rings is 2. The summed E-state index contributed by atoms with van der Waals surface area (Å²) in [5.41, 5.74) is 2.73. The Bertz CT molecular complexity index is 1380. The van der Waals surface area contributed by atoms with Crippen LogP contribution >= 0.6 is 12.0 Å². The molecule has 0 spiro atoms. The van der Waals surface area contributed by atoms with E-state index in [0.29, 0.717) is 0 Å². The highest BCUT2D eigenvalue weighted by Gasteiger charge is 2.52. The highest BCUT2D eigenvalue weighted by atomic mass is 32.2. The third-order valence-electron chi connectivity index (χ3n) is 8.86. The molecule has 1 aliphatic heterocycles. The van der Waals surface area contributed by atoms with Crippen molar-refractivity contribution < 1.29 is 18.6 Å². The Labute approximate surface area is 240 Å². The van der Waals surface area contributed by atoms with Gasteiger partial charge in [0.25, 0.3) is 0 Å². The van der Waals surface area contributed by atoms with Crippen LogP contribution in [0.2, 0.25) is 0 Å². The van der Waals surface area contributed by atoms with Crippen molar-refractivity contribution in [3.05, 3.63) is 35.4 Å². The minimum absolute atomic E-state index is 0.0603. The fourth-order valence-electron chi connectivity index (χ4n) is 4.44. The van der Waals surface area contributed by atoms with E-state index in [4.69, 9.17) is 13.5 Å². The predicted molar refractivity (Wildman–Crippen MR) is 166 cm³/mol. The Balaban J connectivity index is 2.00. The van der Waals surface area contributed by atoms with E-state index in [-0.39, 0.29) is 10.8 Å². The van der Waals surface area contributed by atoms with Gasteiger partial charge in [0.05, 0.1) is 27.2 Å². The van der Waals surface area contributed by atoms with Crippen molar-refractivity contribution in [2.45, 2.75) is 135 Å². The van der Waals surface area contributed by atoms with E-state index in [1.807, 2.05) is 13.8 Å². The third kappa shape index (κ3) is 5.55. The summed E-state index contributed by atoms with van der Waals surface area (Å²) in [5.74, 6) is 0. The molecule has 0 bridgehead atoms. The Morgan fingerprint density at radius 1 is 0.744 bits per heavy atom. The molecular formula is C32H48BNO4S. The first kappa shape index (κ1) is 30.5. The minimum atomic E-state index is -1.01. The molecule has 0 amide bonds. The van der Waals surface area contributed by atoms with Gasteiger partial charge in [0.15, 0.2) is 0 Å². The van der Waals surface area contributed by atoms with Gasteiger partial charge in [-0.3, -0.25) is 0 Å². The van der Waals surface area contributed by atoms with Gasteiger partial charge in [-0.1, -0.05) is 47.6 Å². The highest BCUT2D eigenvalue weighted by Crippen LogP contribution is 2.42. The molecule has 7 heteroatoms. The molecule has 5 nitrogen and oxygen atoms in total. The summed E-state index contributed by atoms with van der Waals surface area (Å²) in [7, 11) is -0.489. The van der Waals surface area contributed by atoms with Crippen LogP contribution in [0.4, 0.5) is 0 Å². The van der Waals surface area contributed by atoms with Gasteiger partial charge in [0.1, 0.15) is 5.60 Å². The first-order valence-electron chi connectivity index (χ1n) is 14.0. The zero-order valence-electron chi connectivity index (χ0n) is 26.5. The van der Waals surface area contributed by atoms with E-state index in [2.05, 4.69) is 98.5 Å². The van der Waals surface area contributed by atoms with Gasteiger partial charge in [-0.05, 0) is 95.5 Å². The topological polar surface area (TPSA) is 63.7 Å². The molecule has 1 aliphatic rings. The molecule has 3 aromatic rings. The van der Waals surface area contributed by atoms with Gasteiger partial charge in [-0.25, -0.2) is 0 Å². The molecule has 0 radical (unpaired) electrons. The summed E-state index contributed by atoms with van der Waals surface area (Å²) in [6.45, 7) is 29.2. The molecule has 2 heterocycles. The number of hydrogen-bond acceptors (Lipinski definition) is 5. The minimum Gasteiger partial charge on any atom is -0.399 e. The number of nitrogens with one attached hydrogen (secondary N) is 1. The zero-order chi connectivity index (χ0) is 29.6. The van der Waals surface area contributed by atoms with Crippen LogP contribution in [0.15, 0.2) is 29.2 Å². The lowest BCUT2D eigenvalue weighted by atomic mass is 9.74. The smallest absolute Gasteiger partial charge is 0.399 e. The molecular weight excluding hydrogens is 505 g/mol. The van der Waals surface area contributed by atoms with E-state index >= 15 is 0 Å². The van der Waals surface area contributed by atoms with Crippen molar-refractivity contribution in [2.24, 2.45) is 0 Å². The molecule has 1 fully saturated rings. The number of H-pyrrole nitrogens is 1. The lowest BCUT2D eigenvalue weighted by Gasteiger charge is -2.36. The number of aromatic nitrogens is 1. The van der Waals surface area contributed by atoms with Gasteiger partial charge in [-0.15, -0.1) is 0 Å². The van der Waals surface area contributed by atoms with Crippen LogP contribution in [-0.4, -0.2) is 39.6 Å². The summed E-state index contributed by atoms with van der Waals surface area (Å²) < 4.78 is 19.4. The maximum absolute atomic E-state index is 10.7. The second-order valence-electron chi connectivity index (χ2n) is 15.3. The highest BCUT2D eigenvalue weighted by molar-refractivity contribution is 7.95. The van der Waals surface area contributed by atoms with E-state index in [0.717, 1.165) is 32.2 Å².